The van der Waals surface area contributed by atoms with Gasteiger partial charge < -0.3 is 5.32 Å². The smallest absolute Gasteiger partial charge is 0.220 e. The van der Waals surface area contributed by atoms with Crippen molar-refractivity contribution in [2.24, 2.45) is 11.3 Å². The molecule has 1 aliphatic heterocycles. The van der Waals surface area contributed by atoms with Gasteiger partial charge in [0.2, 0.25) is 5.91 Å². The summed E-state index contributed by atoms with van der Waals surface area (Å²) in [6, 6.07) is 0. The maximum atomic E-state index is 11.6. The second-order valence-electron chi connectivity index (χ2n) is 6.50. The molecule has 0 aromatic heterocycles. The predicted octanol–water partition coefficient (Wildman–Crippen LogP) is 1.75. The van der Waals surface area contributed by atoms with Crippen LogP contribution < -0.4 is 5.32 Å². The van der Waals surface area contributed by atoms with Crippen molar-refractivity contribution >= 4 is 15.7 Å². The third-order valence-electron chi connectivity index (χ3n) is 3.13. The Hall–Kier alpha value is -0.580. The lowest BCUT2D eigenvalue weighted by Gasteiger charge is -2.17. The van der Waals surface area contributed by atoms with Crippen LogP contribution in [-0.4, -0.2) is 32.4 Å². The van der Waals surface area contributed by atoms with Crippen molar-refractivity contribution in [3.63, 3.8) is 0 Å². The molecule has 1 rings (SSSR count). The molecule has 4 nitrogen and oxygen atoms in total. The van der Waals surface area contributed by atoms with Gasteiger partial charge in [-0.15, -0.1) is 0 Å². The van der Waals surface area contributed by atoms with Gasteiger partial charge >= 0.3 is 0 Å². The molecule has 0 radical (unpaired) electrons. The summed E-state index contributed by atoms with van der Waals surface area (Å²) in [5.74, 6) is 1.06. The summed E-state index contributed by atoms with van der Waals surface area (Å²) in [7, 11) is -2.76. The first-order valence-electron chi connectivity index (χ1n) is 6.65. The molecule has 5 heteroatoms. The number of nitrogens with one attached hydrogen (secondary N) is 1. The van der Waals surface area contributed by atoms with Crippen molar-refractivity contribution in [2.45, 2.75) is 46.5 Å². The van der Waals surface area contributed by atoms with E-state index in [2.05, 4.69) is 5.32 Å². The summed E-state index contributed by atoms with van der Waals surface area (Å²) in [5.41, 5.74) is 0.0175. The number of rotatable bonds is 5. The summed E-state index contributed by atoms with van der Waals surface area (Å²) in [6.07, 6.45) is 3.09. The second kappa shape index (κ2) is 6.04. The zero-order valence-electron chi connectivity index (χ0n) is 11.7. The molecule has 1 aliphatic rings. The Morgan fingerprint density at radius 3 is 2.50 bits per heavy atom. The molecule has 0 aromatic carbocycles. The Bertz CT molecular complexity index is 382. The van der Waals surface area contributed by atoms with Gasteiger partial charge in [-0.25, -0.2) is 8.42 Å². The first-order chi connectivity index (χ1) is 8.18. The number of carbonyl (C=O) groups excluding carboxylic acids is 1. The quantitative estimate of drug-likeness (QED) is 0.778. The van der Waals surface area contributed by atoms with E-state index in [1.807, 2.05) is 20.8 Å². The predicted molar refractivity (Wildman–Crippen MR) is 73.1 cm³/mol. The molecule has 1 atom stereocenters. The minimum atomic E-state index is -2.76. The number of hydrogen-bond donors (Lipinski definition) is 1. The van der Waals surface area contributed by atoms with Crippen LogP contribution in [0, 0.1) is 11.3 Å². The minimum Gasteiger partial charge on any atom is -0.356 e. The number of hydrogen-bond acceptors (Lipinski definition) is 3. The number of amides is 1. The van der Waals surface area contributed by atoms with Crippen molar-refractivity contribution in [2.75, 3.05) is 18.1 Å². The standard InChI is InChI=1S/C13H25NO3S/c1-13(2,3)9-12(15)14-7-4-5-11-6-8-18(16,17)10-11/h11H,4-10H2,1-3H3,(H,14,15). The van der Waals surface area contributed by atoms with Gasteiger partial charge in [0.05, 0.1) is 11.5 Å². The Kier molecular flexibility index (Phi) is 5.20. The zero-order valence-corrected chi connectivity index (χ0v) is 12.5. The molecule has 1 amide bonds. The molecular weight excluding hydrogens is 250 g/mol. The normalized spacial score (nSPS) is 22.9. The Balaban J connectivity index is 2.11. The minimum absolute atomic E-state index is 0.0175. The van der Waals surface area contributed by atoms with Crippen LogP contribution in [0.5, 0.6) is 0 Å². The van der Waals surface area contributed by atoms with Crippen LogP contribution in [-0.2, 0) is 14.6 Å². The van der Waals surface area contributed by atoms with E-state index in [1.54, 1.807) is 0 Å². The molecule has 0 spiro atoms. The first-order valence-corrected chi connectivity index (χ1v) is 8.47. The van der Waals surface area contributed by atoms with Gasteiger partial charge in [-0.1, -0.05) is 20.8 Å². The average molecular weight is 275 g/mol. The van der Waals surface area contributed by atoms with Crippen LogP contribution in [0.2, 0.25) is 0 Å². The van der Waals surface area contributed by atoms with E-state index >= 15 is 0 Å². The van der Waals surface area contributed by atoms with Crippen LogP contribution in [0.1, 0.15) is 46.5 Å². The zero-order chi connectivity index (χ0) is 13.8. The summed E-state index contributed by atoms with van der Waals surface area (Å²) in [4.78, 5) is 11.6. The lowest BCUT2D eigenvalue weighted by atomic mass is 9.92. The van der Waals surface area contributed by atoms with E-state index < -0.39 is 9.84 Å². The van der Waals surface area contributed by atoms with Gasteiger partial charge in [0, 0.05) is 13.0 Å². The topological polar surface area (TPSA) is 63.2 Å². The van der Waals surface area contributed by atoms with Crippen LogP contribution >= 0.6 is 0 Å². The highest BCUT2D eigenvalue weighted by Gasteiger charge is 2.27. The number of sulfone groups is 1. The Morgan fingerprint density at radius 1 is 1.33 bits per heavy atom. The highest BCUT2D eigenvalue weighted by molar-refractivity contribution is 7.91. The molecule has 0 bridgehead atoms. The number of carbonyl (C=O) groups is 1. The van der Waals surface area contributed by atoms with E-state index in [0.717, 1.165) is 19.3 Å². The van der Waals surface area contributed by atoms with E-state index in [9.17, 15) is 13.2 Å². The molecule has 106 valence electrons. The molecule has 0 saturated carbocycles. The van der Waals surface area contributed by atoms with Crippen LogP contribution in [0.15, 0.2) is 0 Å². The van der Waals surface area contributed by atoms with Crippen molar-refractivity contribution < 1.29 is 13.2 Å². The Morgan fingerprint density at radius 2 is 2.00 bits per heavy atom. The molecule has 18 heavy (non-hydrogen) atoms. The van der Waals surface area contributed by atoms with Crippen LogP contribution in [0.4, 0.5) is 0 Å². The summed E-state index contributed by atoms with van der Waals surface area (Å²) in [5, 5.41) is 2.90. The van der Waals surface area contributed by atoms with Crippen molar-refractivity contribution in [3.8, 4) is 0 Å². The van der Waals surface area contributed by atoms with Gasteiger partial charge in [-0.2, -0.15) is 0 Å². The highest BCUT2D eigenvalue weighted by atomic mass is 32.2. The molecule has 1 heterocycles. The lowest BCUT2D eigenvalue weighted by Crippen LogP contribution is -2.28. The fourth-order valence-electron chi connectivity index (χ4n) is 2.26. The van der Waals surface area contributed by atoms with Gasteiger partial charge in [0.15, 0.2) is 9.84 Å². The van der Waals surface area contributed by atoms with E-state index in [1.165, 1.54) is 0 Å². The van der Waals surface area contributed by atoms with Crippen LogP contribution in [0.25, 0.3) is 0 Å². The van der Waals surface area contributed by atoms with Gasteiger partial charge in [-0.3, -0.25) is 4.79 Å². The molecule has 0 aromatic rings. The van der Waals surface area contributed by atoms with Crippen molar-refractivity contribution in [1.29, 1.82) is 0 Å². The third kappa shape index (κ3) is 6.38. The SMILES string of the molecule is CC(C)(C)CC(=O)NCCCC1CCS(=O)(=O)C1. The van der Waals surface area contributed by atoms with E-state index in [-0.39, 0.29) is 11.3 Å². The summed E-state index contributed by atoms with van der Waals surface area (Å²) < 4.78 is 22.5. The molecule has 1 fully saturated rings. The maximum Gasteiger partial charge on any atom is 0.220 e. The molecular formula is C13H25NO3S. The maximum absolute atomic E-state index is 11.6. The average Bonchev–Trinajstić information content (AvgIpc) is 2.50. The molecule has 0 aliphatic carbocycles. The third-order valence-corrected chi connectivity index (χ3v) is 4.97. The molecule has 1 unspecified atom stereocenters. The molecule has 1 saturated heterocycles. The van der Waals surface area contributed by atoms with Crippen LogP contribution in [0.3, 0.4) is 0 Å². The van der Waals surface area contributed by atoms with Gasteiger partial charge in [-0.05, 0) is 30.6 Å². The fraction of sp³-hybridized carbons (Fsp3) is 0.923. The summed E-state index contributed by atoms with van der Waals surface area (Å²) >= 11 is 0. The van der Waals surface area contributed by atoms with Crippen molar-refractivity contribution in [1.82, 2.24) is 5.32 Å². The summed E-state index contributed by atoms with van der Waals surface area (Å²) in [6.45, 7) is 6.77. The highest BCUT2D eigenvalue weighted by Crippen LogP contribution is 2.22. The van der Waals surface area contributed by atoms with E-state index in [4.69, 9.17) is 0 Å². The monoisotopic (exact) mass is 275 g/mol. The second-order valence-corrected chi connectivity index (χ2v) is 8.73. The lowest BCUT2D eigenvalue weighted by molar-refractivity contribution is -0.122. The Labute approximate surface area is 110 Å². The van der Waals surface area contributed by atoms with Crippen molar-refractivity contribution in [3.05, 3.63) is 0 Å². The first kappa shape index (κ1) is 15.5. The van der Waals surface area contributed by atoms with Gasteiger partial charge in [0.25, 0.3) is 0 Å². The molecule has 1 N–H and O–H groups in total. The largest absolute Gasteiger partial charge is 0.356 e. The fourth-order valence-corrected chi connectivity index (χ4v) is 4.17. The van der Waals surface area contributed by atoms with E-state index in [0.29, 0.717) is 30.4 Å². The van der Waals surface area contributed by atoms with Gasteiger partial charge in [0.1, 0.15) is 0 Å².